The molecule has 0 saturated carbocycles. The molecule has 1 aromatic carbocycles. The van der Waals surface area contributed by atoms with Crippen LogP contribution >= 0.6 is 0 Å². The zero-order valence-corrected chi connectivity index (χ0v) is 10.0. The largest absolute Gasteiger partial charge is 0.493 e. The van der Waals surface area contributed by atoms with Crippen LogP contribution in [0.4, 0.5) is 0 Å². The molecule has 0 saturated heterocycles. The van der Waals surface area contributed by atoms with Gasteiger partial charge in [-0.3, -0.25) is 0 Å². The molecular weight excluding hydrogens is 190 g/mol. The molecule has 0 fully saturated rings. The highest BCUT2D eigenvalue weighted by atomic mass is 16.5. The summed E-state index contributed by atoms with van der Waals surface area (Å²) in [6.45, 7) is 6.04. The Labute approximate surface area is 91.2 Å². The van der Waals surface area contributed by atoms with Gasteiger partial charge in [-0.05, 0) is 38.0 Å². The Morgan fingerprint density at radius 3 is 2.20 bits per heavy atom. The van der Waals surface area contributed by atoms with E-state index >= 15 is 0 Å². The van der Waals surface area contributed by atoms with Gasteiger partial charge in [-0.15, -0.1) is 0 Å². The van der Waals surface area contributed by atoms with Gasteiger partial charge in [0.25, 0.3) is 0 Å². The molecule has 0 amide bonds. The number of aryl methyl sites for hydroxylation is 1. The monoisotopic (exact) mass is 209 g/mol. The zero-order valence-electron chi connectivity index (χ0n) is 10.0. The molecule has 0 aliphatic rings. The van der Waals surface area contributed by atoms with Gasteiger partial charge in [0.2, 0.25) is 0 Å². The second kappa shape index (κ2) is 4.53. The summed E-state index contributed by atoms with van der Waals surface area (Å²) in [5, 5.41) is 0. The van der Waals surface area contributed by atoms with Gasteiger partial charge < -0.3 is 15.2 Å². The Morgan fingerprint density at radius 2 is 1.80 bits per heavy atom. The van der Waals surface area contributed by atoms with E-state index in [4.69, 9.17) is 15.2 Å². The van der Waals surface area contributed by atoms with Crippen molar-refractivity contribution in [2.24, 2.45) is 5.73 Å². The fraction of sp³-hybridized carbons (Fsp3) is 0.500. The van der Waals surface area contributed by atoms with Gasteiger partial charge in [-0.1, -0.05) is 0 Å². The highest BCUT2D eigenvalue weighted by molar-refractivity contribution is 5.54. The molecule has 1 rings (SSSR count). The van der Waals surface area contributed by atoms with Gasteiger partial charge in [0.1, 0.15) is 0 Å². The van der Waals surface area contributed by atoms with Crippen molar-refractivity contribution in [2.45, 2.75) is 26.8 Å². The summed E-state index contributed by atoms with van der Waals surface area (Å²) >= 11 is 0. The first-order valence-corrected chi connectivity index (χ1v) is 5.00. The number of rotatable bonds is 3. The van der Waals surface area contributed by atoms with Crippen molar-refractivity contribution in [2.75, 3.05) is 14.2 Å². The third-order valence-electron chi connectivity index (χ3n) is 2.69. The first-order valence-electron chi connectivity index (χ1n) is 5.00. The summed E-state index contributed by atoms with van der Waals surface area (Å²) in [7, 11) is 3.27. The molecule has 0 radical (unpaired) electrons. The van der Waals surface area contributed by atoms with Gasteiger partial charge in [-0.2, -0.15) is 0 Å². The lowest BCUT2D eigenvalue weighted by atomic mass is 9.97. The lowest BCUT2D eigenvalue weighted by molar-refractivity contribution is 0.349. The number of methoxy groups -OCH3 is 2. The normalized spacial score (nSPS) is 12.4. The van der Waals surface area contributed by atoms with Crippen molar-refractivity contribution in [1.29, 1.82) is 0 Å². The van der Waals surface area contributed by atoms with Crippen LogP contribution in [-0.2, 0) is 0 Å². The SMILES string of the molecule is COc1cc(C)c(C)c(C(C)N)c1OC. The Morgan fingerprint density at radius 1 is 1.20 bits per heavy atom. The van der Waals surface area contributed by atoms with Crippen LogP contribution in [0, 0.1) is 13.8 Å². The molecule has 1 aromatic rings. The minimum Gasteiger partial charge on any atom is -0.493 e. The number of hydrogen-bond acceptors (Lipinski definition) is 3. The van der Waals surface area contributed by atoms with Crippen molar-refractivity contribution in [3.63, 3.8) is 0 Å². The molecule has 3 heteroatoms. The standard InChI is InChI=1S/C12H19NO2/c1-7-6-10(14-4)12(15-5)11(8(7)2)9(3)13/h6,9H,13H2,1-5H3. The third kappa shape index (κ3) is 2.07. The summed E-state index contributed by atoms with van der Waals surface area (Å²) in [4.78, 5) is 0. The third-order valence-corrected chi connectivity index (χ3v) is 2.69. The van der Waals surface area contributed by atoms with Gasteiger partial charge in [-0.25, -0.2) is 0 Å². The van der Waals surface area contributed by atoms with Crippen molar-refractivity contribution < 1.29 is 9.47 Å². The van der Waals surface area contributed by atoms with Crippen LogP contribution in [0.1, 0.15) is 29.7 Å². The summed E-state index contributed by atoms with van der Waals surface area (Å²) < 4.78 is 10.6. The van der Waals surface area contributed by atoms with Crippen LogP contribution in [0.2, 0.25) is 0 Å². The predicted octanol–water partition coefficient (Wildman–Crippen LogP) is 2.34. The molecule has 0 aliphatic carbocycles. The highest BCUT2D eigenvalue weighted by Gasteiger charge is 2.17. The molecule has 3 nitrogen and oxygen atoms in total. The molecular formula is C12H19NO2. The Balaban J connectivity index is 3.49. The lowest BCUT2D eigenvalue weighted by Gasteiger charge is -2.19. The predicted molar refractivity (Wildman–Crippen MR) is 61.6 cm³/mol. The van der Waals surface area contributed by atoms with Gasteiger partial charge in [0.05, 0.1) is 14.2 Å². The summed E-state index contributed by atoms with van der Waals surface area (Å²) in [6.07, 6.45) is 0. The average Bonchev–Trinajstić information content (AvgIpc) is 2.20. The van der Waals surface area contributed by atoms with Crippen LogP contribution in [0.25, 0.3) is 0 Å². The van der Waals surface area contributed by atoms with E-state index in [9.17, 15) is 0 Å². The van der Waals surface area contributed by atoms with E-state index in [1.807, 2.05) is 19.9 Å². The van der Waals surface area contributed by atoms with E-state index in [0.29, 0.717) is 0 Å². The van der Waals surface area contributed by atoms with Crippen LogP contribution in [0.15, 0.2) is 6.07 Å². The molecule has 2 N–H and O–H groups in total. The van der Waals surface area contributed by atoms with Crippen LogP contribution in [0.3, 0.4) is 0 Å². The number of nitrogens with two attached hydrogens (primary N) is 1. The van der Waals surface area contributed by atoms with E-state index in [-0.39, 0.29) is 6.04 Å². The smallest absolute Gasteiger partial charge is 0.165 e. The molecule has 1 atom stereocenters. The van der Waals surface area contributed by atoms with E-state index < -0.39 is 0 Å². The molecule has 0 bridgehead atoms. The first kappa shape index (κ1) is 11.9. The molecule has 0 heterocycles. The fourth-order valence-electron chi connectivity index (χ4n) is 1.80. The van der Waals surface area contributed by atoms with Crippen LogP contribution < -0.4 is 15.2 Å². The lowest BCUT2D eigenvalue weighted by Crippen LogP contribution is -2.11. The maximum atomic E-state index is 5.95. The van der Waals surface area contributed by atoms with Crippen LogP contribution in [-0.4, -0.2) is 14.2 Å². The maximum Gasteiger partial charge on any atom is 0.165 e. The minimum atomic E-state index is -0.0613. The molecule has 0 aliphatic heterocycles. The Bertz CT molecular complexity index is 359. The maximum absolute atomic E-state index is 5.95. The van der Waals surface area contributed by atoms with Gasteiger partial charge in [0.15, 0.2) is 11.5 Å². The topological polar surface area (TPSA) is 44.5 Å². The first-order chi connectivity index (χ1) is 7.02. The second-order valence-corrected chi connectivity index (χ2v) is 3.76. The van der Waals surface area contributed by atoms with Crippen molar-refractivity contribution in [3.8, 4) is 11.5 Å². The fourth-order valence-corrected chi connectivity index (χ4v) is 1.80. The highest BCUT2D eigenvalue weighted by Crippen LogP contribution is 2.38. The number of ether oxygens (including phenoxy) is 2. The molecule has 15 heavy (non-hydrogen) atoms. The van der Waals surface area contributed by atoms with Gasteiger partial charge >= 0.3 is 0 Å². The van der Waals surface area contributed by atoms with E-state index in [0.717, 1.165) is 17.1 Å². The van der Waals surface area contributed by atoms with Crippen molar-refractivity contribution in [3.05, 3.63) is 22.8 Å². The number of hydrogen-bond donors (Lipinski definition) is 1. The average molecular weight is 209 g/mol. The molecule has 0 spiro atoms. The quantitative estimate of drug-likeness (QED) is 0.831. The summed E-state index contributed by atoms with van der Waals surface area (Å²) in [5.41, 5.74) is 9.31. The second-order valence-electron chi connectivity index (χ2n) is 3.76. The number of benzene rings is 1. The minimum absolute atomic E-state index is 0.0613. The van der Waals surface area contributed by atoms with E-state index in [1.54, 1.807) is 14.2 Å². The summed E-state index contributed by atoms with van der Waals surface area (Å²) in [6, 6.07) is 1.91. The Hall–Kier alpha value is -1.22. The van der Waals surface area contributed by atoms with Gasteiger partial charge in [0, 0.05) is 11.6 Å². The van der Waals surface area contributed by atoms with E-state index in [1.165, 1.54) is 11.1 Å². The summed E-state index contributed by atoms with van der Waals surface area (Å²) in [5.74, 6) is 1.49. The zero-order chi connectivity index (χ0) is 11.6. The van der Waals surface area contributed by atoms with Crippen molar-refractivity contribution >= 4 is 0 Å². The Kier molecular flexibility index (Phi) is 3.58. The molecule has 0 aromatic heterocycles. The van der Waals surface area contributed by atoms with Crippen LogP contribution in [0.5, 0.6) is 11.5 Å². The molecule has 1 unspecified atom stereocenters. The van der Waals surface area contributed by atoms with E-state index in [2.05, 4.69) is 6.92 Å². The molecule has 84 valence electrons. The van der Waals surface area contributed by atoms with Crippen molar-refractivity contribution in [1.82, 2.24) is 0 Å².